The minimum Gasteiger partial charge on any atom is -0.461 e. The molecular weight excluding hydrogens is 180 g/mol. The average Bonchev–Trinajstić information content (AvgIpc) is 2.17. The number of hydrogen-bond acceptors (Lipinski definition) is 3. The predicted molar refractivity (Wildman–Crippen MR) is 52.7 cm³/mol. The maximum Gasteiger partial charge on any atom is 0.302 e. The molecule has 0 aliphatic rings. The van der Waals surface area contributed by atoms with E-state index in [9.17, 15) is 4.79 Å². The zero-order valence-electron chi connectivity index (χ0n) is 8.19. The number of ether oxygens (including phenoxy) is 1. The minimum absolute atomic E-state index is 0.108. The maximum atomic E-state index is 10.6. The quantitative estimate of drug-likeness (QED) is 0.734. The van der Waals surface area contributed by atoms with Gasteiger partial charge >= 0.3 is 5.97 Å². The molecule has 1 N–H and O–H groups in total. The van der Waals surface area contributed by atoms with Gasteiger partial charge in [-0.05, 0) is 17.5 Å². The van der Waals surface area contributed by atoms with E-state index in [1.165, 1.54) is 6.92 Å². The highest BCUT2D eigenvalue weighted by Crippen LogP contribution is 2.10. The number of aliphatic hydroxyl groups is 1. The molecule has 0 amide bonds. The number of esters is 1. The van der Waals surface area contributed by atoms with Gasteiger partial charge in [0.1, 0.15) is 6.61 Å². The average molecular weight is 194 g/mol. The van der Waals surface area contributed by atoms with Gasteiger partial charge in [-0.2, -0.15) is 0 Å². The first-order valence-electron chi connectivity index (χ1n) is 4.55. The molecule has 0 spiro atoms. The first-order valence-corrected chi connectivity index (χ1v) is 4.55. The summed E-state index contributed by atoms with van der Waals surface area (Å²) in [5, 5.41) is 8.81. The summed E-state index contributed by atoms with van der Waals surface area (Å²) in [5.74, 6) is -0.288. The molecule has 0 aromatic heterocycles. The predicted octanol–water partition coefficient (Wildman–Crippen LogP) is 1.28. The fraction of sp³-hybridized carbons (Fsp3) is 0.364. The summed E-state index contributed by atoms with van der Waals surface area (Å²) in [6, 6.07) is 7.62. The van der Waals surface area contributed by atoms with Crippen molar-refractivity contribution in [2.75, 3.05) is 6.61 Å². The van der Waals surface area contributed by atoms with Gasteiger partial charge in [-0.3, -0.25) is 4.79 Å². The first-order chi connectivity index (χ1) is 6.74. The third-order valence-electron chi connectivity index (χ3n) is 1.93. The molecule has 0 saturated heterocycles. The Bertz CT molecular complexity index is 307. The van der Waals surface area contributed by atoms with Crippen LogP contribution in [0.2, 0.25) is 0 Å². The van der Waals surface area contributed by atoms with Crippen molar-refractivity contribution in [3.8, 4) is 0 Å². The summed E-state index contributed by atoms with van der Waals surface area (Å²) < 4.78 is 4.89. The van der Waals surface area contributed by atoms with E-state index >= 15 is 0 Å². The molecule has 1 aromatic rings. The molecule has 0 radical (unpaired) electrons. The molecular formula is C11H14O3. The lowest BCUT2D eigenvalue weighted by atomic mass is 10.1. The van der Waals surface area contributed by atoms with Crippen LogP contribution in [0, 0.1) is 0 Å². The third-order valence-corrected chi connectivity index (χ3v) is 1.93. The molecule has 0 bridgehead atoms. The van der Waals surface area contributed by atoms with Gasteiger partial charge in [0.2, 0.25) is 0 Å². The monoisotopic (exact) mass is 194 g/mol. The van der Waals surface area contributed by atoms with Gasteiger partial charge in [0.05, 0.1) is 0 Å². The van der Waals surface area contributed by atoms with Crippen LogP contribution in [0.3, 0.4) is 0 Å². The molecule has 3 heteroatoms. The van der Waals surface area contributed by atoms with Crippen molar-refractivity contribution < 1.29 is 14.6 Å². The number of hydrogen-bond donors (Lipinski definition) is 1. The standard InChI is InChI=1S/C11H14O3/c1-9(13)14-8-11-5-3-2-4-10(11)6-7-12/h2-5,12H,6-8H2,1H3. The van der Waals surface area contributed by atoms with Gasteiger partial charge in [-0.25, -0.2) is 0 Å². The fourth-order valence-corrected chi connectivity index (χ4v) is 1.24. The van der Waals surface area contributed by atoms with Crippen molar-refractivity contribution in [2.45, 2.75) is 20.0 Å². The Morgan fingerprint density at radius 2 is 2.00 bits per heavy atom. The summed E-state index contributed by atoms with van der Waals surface area (Å²) in [4.78, 5) is 10.6. The second kappa shape index (κ2) is 5.40. The third kappa shape index (κ3) is 3.18. The Balaban J connectivity index is 2.68. The Hall–Kier alpha value is -1.35. The van der Waals surface area contributed by atoms with E-state index in [1.807, 2.05) is 24.3 Å². The number of carbonyl (C=O) groups is 1. The van der Waals surface area contributed by atoms with Gasteiger partial charge in [-0.15, -0.1) is 0 Å². The van der Waals surface area contributed by atoms with Crippen LogP contribution in [0.4, 0.5) is 0 Å². The van der Waals surface area contributed by atoms with Crippen LogP contribution in [-0.4, -0.2) is 17.7 Å². The molecule has 0 heterocycles. The van der Waals surface area contributed by atoms with Crippen molar-refractivity contribution in [3.05, 3.63) is 35.4 Å². The summed E-state index contributed by atoms with van der Waals surface area (Å²) in [6.45, 7) is 1.78. The summed E-state index contributed by atoms with van der Waals surface area (Å²) >= 11 is 0. The van der Waals surface area contributed by atoms with Gasteiger partial charge in [-0.1, -0.05) is 24.3 Å². The molecule has 0 aliphatic carbocycles. The van der Waals surface area contributed by atoms with Crippen molar-refractivity contribution >= 4 is 5.97 Å². The van der Waals surface area contributed by atoms with E-state index in [-0.39, 0.29) is 19.2 Å². The lowest BCUT2D eigenvalue weighted by molar-refractivity contribution is -0.142. The number of rotatable bonds is 4. The first kappa shape index (κ1) is 10.7. The van der Waals surface area contributed by atoms with Crippen molar-refractivity contribution in [3.63, 3.8) is 0 Å². The van der Waals surface area contributed by atoms with E-state index in [2.05, 4.69) is 0 Å². The molecule has 3 nitrogen and oxygen atoms in total. The Labute approximate surface area is 83.3 Å². The van der Waals surface area contributed by atoms with Crippen molar-refractivity contribution in [1.82, 2.24) is 0 Å². The Morgan fingerprint density at radius 1 is 1.36 bits per heavy atom. The lowest BCUT2D eigenvalue weighted by Crippen LogP contribution is -2.03. The van der Waals surface area contributed by atoms with Gasteiger partial charge in [0, 0.05) is 13.5 Å². The highest BCUT2D eigenvalue weighted by Gasteiger charge is 2.02. The summed E-state index contributed by atoms with van der Waals surface area (Å²) in [6.07, 6.45) is 0.595. The zero-order chi connectivity index (χ0) is 10.4. The van der Waals surface area contributed by atoms with Crippen LogP contribution < -0.4 is 0 Å². The Kier molecular flexibility index (Phi) is 4.13. The summed E-state index contributed by atoms with van der Waals surface area (Å²) in [5.41, 5.74) is 1.98. The smallest absolute Gasteiger partial charge is 0.302 e. The van der Waals surface area contributed by atoms with Gasteiger partial charge < -0.3 is 9.84 Å². The molecule has 76 valence electrons. The molecule has 0 fully saturated rings. The molecule has 0 atom stereocenters. The largest absolute Gasteiger partial charge is 0.461 e. The van der Waals surface area contributed by atoms with Crippen LogP contribution in [0.5, 0.6) is 0 Å². The van der Waals surface area contributed by atoms with Crippen LogP contribution in [-0.2, 0) is 22.6 Å². The summed E-state index contributed by atoms with van der Waals surface area (Å²) in [7, 11) is 0. The van der Waals surface area contributed by atoms with Gasteiger partial charge in [0.25, 0.3) is 0 Å². The molecule has 1 aromatic carbocycles. The van der Waals surface area contributed by atoms with E-state index in [0.717, 1.165) is 11.1 Å². The number of carbonyl (C=O) groups excluding carboxylic acids is 1. The number of aliphatic hydroxyl groups excluding tert-OH is 1. The second-order valence-electron chi connectivity index (χ2n) is 3.02. The number of benzene rings is 1. The molecule has 1 rings (SSSR count). The van der Waals surface area contributed by atoms with Crippen LogP contribution in [0.25, 0.3) is 0 Å². The van der Waals surface area contributed by atoms with Crippen molar-refractivity contribution in [2.24, 2.45) is 0 Å². The maximum absolute atomic E-state index is 10.6. The molecule has 0 aliphatic heterocycles. The van der Waals surface area contributed by atoms with E-state index in [1.54, 1.807) is 0 Å². The fourth-order valence-electron chi connectivity index (χ4n) is 1.24. The molecule has 14 heavy (non-hydrogen) atoms. The van der Waals surface area contributed by atoms with E-state index in [4.69, 9.17) is 9.84 Å². The van der Waals surface area contributed by atoms with Crippen LogP contribution >= 0.6 is 0 Å². The normalized spacial score (nSPS) is 9.86. The Morgan fingerprint density at radius 3 is 2.57 bits per heavy atom. The minimum atomic E-state index is -0.288. The van der Waals surface area contributed by atoms with Gasteiger partial charge in [0.15, 0.2) is 0 Å². The SMILES string of the molecule is CC(=O)OCc1ccccc1CCO. The van der Waals surface area contributed by atoms with E-state index < -0.39 is 0 Å². The topological polar surface area (TPSA) is 46.5 Å². The molecule has 0 saturated carbocycles. The highest BCUT2D eigenvalue weighted by atomic mass is 16.5. The zero-order valence-corrected chi connectivity index (χ0v) is 8.19. The van der Waals surface area contributed by atoms with Crippen molar-refractivity contribution in [1.29, 1.82) is 0 Å². The van der Waals surface area contributed by atoms with Crippen LogP contribution in [0.1, 0.15) is 18.1 Å². The highest BCUT2D eigenvalue weighted by molar-refractivity contribution is 5.65. The molecule has 0 unspecified atom stereocenters. The lowest BCUT2D eigenvalue weighted by Gasteiger charge is -2.07. The van der Waals surface area contributed by atoms with Crippen LogP contribution in [0.15, 0.2) is 24.3 Å². The van der Waals surface area contributed by atoms with E-state index in [0.29, 0.717) is 6.42 Å². The second-order valence-corrected chi connectivity index (χ2v) is 3.02.